The van der Waals surface area contributed by atoms with Gasteiger partial charge in [0.15, 0.2) is 9.99 Å². The molecule has 0 saturated carbocycles. The van der Waals surface area contributed by atoms with Crippen molar-refractivity contribution in [2.75, 3.05) is 4.72 Å². The van der Waals surface area contributed by atoms with E-state index >= 15 is 0 Å². The van der Waals surface area contributed by atoms with Gasteiger partial charge in [0.05, 0.1) is 6.10 Å². The van der Waals surface area contributed by atoms with Gasteiger partial charge in [0.25, 0.3) is 10.0 Å². The standard InChI is InChI=1S/C14H12BrN3O3S2/c15-12-13(18-5-6-22-14(18)16-12)23(20,21)17-9-3-1-8-2-4-11(19)10(8)7-9/h1,3,5-7,11,17,19H,2,4H2. The number of fused-ring (bicyclic) bond motifs is 2. The summed E-state index contributed by atoms with van der Waals surface area (Å²) in [4.78, 5) is 4.79. The third kappa shape index (κ3) is 2.47. The fraction of sp³-hybridized carbons (Fsp3) is 0.214. The van der Waals surface area contributed by atoms with Gasteiger partial charge in [-0.15, -0.1) is 11.3 Å². The molecule has 0 amide bonds. The summed E-state index contributed by atoms with van der Waals surface area (Å²) in [6, 6.07) is 5.27. The van der Waals surface area contributed by atoms with Crippen molar-refractivity contribution < 1.29 is 13.5 Å². The number of hydrogen-bond donors (Lipinski definition) is 2. The molecule has 1 atom stereocenters. The molecule has 120 valence electrons. The Morgan fingerprint density at radius 3 is 3.09 bits per heavy atom. The lowest BCUT2D eigenvalue weighted by atomic mass is 10.1. The van der Waals surface area contributed by atoms with E-state index in [-0.39, 0.29) is 9.63 Å². The van der Waals surface area contributed by atoms with Gasteiger partial charge >= 0.3 is 0 Å². The molecule has 1 unspecified atom stereocenters. The SMILES string of the molecule is O=S(=O)(Nc1ccc2c(c1)C(O)CC2)c1c(Br)nc2sccn12. The lowest BCUT2D eigenvalue weighted by Crippen LogP contribution is -2.15. The minimum Gasteiger partial charge on any atom is -0.388 e. The molecule has 4 rings (SSSR count). The zero-order valence-electron chi connectivity index (χ0n) is 11.7. The van der Waals surface area contributed by atoms with Gasteiger partial charge < -0.3 is 5.11 Å². The minimum atomic E-state index is -3.80. The molecular weight excluding hydrogens is 402 g/mol. The summed E-state index contributed by atoms with van der Waals surface area (Å²) in [5.41, 5.74) is 2.28. The Bertz CT molecular complexity index is 1010. The van der Waals surface area contributed by atoms with Crippen LogP contribution < -0.4 is 4.72 Å². The van der Waals surface area contributed by atoms with E-state index in [1.54, 1.807) is 23.7 Å². The van der Waals surface area contributed by atoms with Gasteiger partial charge in [-0.3, -0.25) is 9.12 Å². The maximum Gasteiger partial charge on any atom is 0.280 e. The fourth-order valence-electron chi connectivity index (χ4n) is 2.83. The first-order valence-corrected chi connectivity index (χ1v) is 10.1. The van der Waals surface area contributed by atoms with Crippen LogP contribution in [0.5, 0.6) is 0 Å². The maximum atomic E-state index is 12.7. The molecule has 2 aromatic heterocycles. The van der Waals surface area contributed by atoms with Crippen molar-refractivity contribution >= 4 is 47.9 Å². The number of aliphatic hydroxyl groups excluding tert-OH is 1. The minimum absolute atomic E-state index is 0.0646. The Kier molecular flexibility index (Phi) is 3.49. The largest absolute Gasteiger partial charge is 0.388 e. The summed E-state index contributed by atoms with van der Waals surface area (Å²) in [6.07, 6.45) is 2.63. The molecule has 23 heavy (non-hydrogen) atoms. The monoisotopic (exact) mass is 413 g/mol. The number of rotatable bonds is 3. The maximum absolute atomic E-state index is 12.7. The van der Waals surface area contributed by atoms with E-state index in [1.807, 2.05) is 6.07 Å². The molecule has 1 aliphatic carbocycles. The number of imidazole rings is 1. The molecule has 0 radical (unpaired) electrons. The molecule has 2 heterocycles. The summed E-state index contributed by atoms with van der Waals surface area (Å²) < 4.78 is 29.8. The Morgan fingerprint density at radius 2 is 2.26 bits per heavy atom. The van der Waals surface area contributed by atoms with Crippen LogP contribution in [-0.4, -0.2) is 22.9 Å². The van der Waals surface area contributed by atoms with Crippen LogP contribution in [0.4, 0.5) is 5.69 Å². The molecule has 9 heteroatoms. The second-order valence-electron chi connectivity index (χ2n) is 5.34. The summed E-state index contributed by atoms with van der Waals surface area (Å²) >= 11 is 4.57. The van der Waals surface area contributed by atoms with E-state index in [4.69, 9.17) is 0 Å². The fourth-order valence-corrected chi connectivity index (χ4v) is 5.92. The Morgan fingerprint density at radius 1 is 1.43 bits per heavy atom. The number of anilines is 1. The second kappa shape index (κ2) is 5.30. The highest BCUT2D eigenvalue weighted by atomic mass is 79.9. The zero-order valence-corrected chi connectivity index (χ0v) is 14.9. The summed E-state index contributed by atoms with van der Waals surface area (Å²) in [5.74, 6) is 0. The van der Waals surface area contributed by atoms with Gasteiger partial charge in [-0.25, -0.2) is 4.98 Å². The molecule has 2 N–H and O–H groups in total. The van der Waals surface area contributed by atoms with E-state index < -0.39 is 16.1 Å². The molecular formula is C14H12BrN3O3S2. The van der Waals surface area contributed by atoms with Gasteiger partial charge in [0, 0.05) is 17.3 Å². The van der Waals surface area contributed by atoms with Crippen LogP contribution in [0.15, 0.2) is 39.4 Å². The third-order valence-corrected chi connectivity index (χ3v) is 6.85. The van der Waals surface area contributed by atoms with E-state index in [1.165, 1.54) is 15.7 Å². The van der Waals surface area contributed by atoms with E-state index in [0.29, 0.717) is 17.1 Å². The molecule has 6 nitrogen and oxygen atoms in total. The van der Waals surface area contributed by atoms with Crippen LogP contribution in [0.1, 0.15) is 23.7 Å². The first-order valence-electron chi connectivity index (χ1n) is 6.90. The van der Waals surface area contributed by atoms with E-state index in [9.17, 15) is 13.5 Å². The van der Waals surface area contributed by atoms with Gasteiger partial charge in [-0.05, 0) is 52.0 Å². The number of aryl methyl sites for hydroxylation is 1. The molecule has 0 bridgehead atoms. The highest BCUT2D eigenvalue weighted by molar-refractivity contribution is 9.10. The van der Waals surface area contributed by atoms with Crippen LogP contribution in [-0.2, 0) is 16.4 Å². The Hall–Kier alpha value is -1.42. The van der Waals surface area contributed by atoms with Crippen LogP contribution in [0.25, 0.3) is 4.96 Å². The Labute approximate surface area is 145 Å². The second-order valence-corrected chi connectivity index (χ2v) is 8.56. The van der Waals surface area contributed by atoms with E-state index in [0.717, 1.165) is 17.5 Å². The number of sulfonamides is 1. The predicted octanol–water partition coefficient (Wildman–Crippen LogP) is 2.94. The lowest BCUT2D eigenvalue weighted by Gasteiger charge is -2.10. The van der Waals surface area contributed by atoms with Crippen LogP contribution in [0.3, 0.4) is 0 Å². The topological polar surface area (TPSA) is 83.7 Å². The average molecular weight is 414 g/mol. The number of thiazole rings is 1. The first-order chi connectivity index (χ1) is 11.0. The van der Waals surface area contributed by atoms with Crippen molar-refractivity contribution in [3.05, 3.63) is 45.5 Å². The summed E-state index contributed by atoms with van der Waals surface area (Å²) in [7, 11) is -3.80. The summed E-state index contributed by atoms with van der Waals surface area (Å²) in [5, 5.41) is 11.8. The molecule has 0 fully saturated rings. The number of benzene rings is 1. The number of aromatic nitrogens is 2. The average Bonchev–Trinajstić information content (AvgIpc) is 3.13. The van der Waals surface area contributed by atoms with Gasteiger partial charge in [0.1, 0.15) is 4.60 Å². The van der Waals surface area contributed by atoms with Gasteiger partial charge in [0.2, 0.25) is 0 Å². The van der Waals surface area contributed by atoms with Crippen LogP contribution in [0, 0.1) is 0 Å². The third-order valence-electron chi connectivity index (χ3n) is 3.88. The lowest BCUT2D eigenvalue weighted by molar-refractivity contribution is 0.180. The number of hydrogen-bond acceptors (Lipinski definition) is 5. The highest BCUT2D eigenvalue weighted by Gasteiger charge is 2.26. The zero-order chi connectivity index (χ0) is 16.2. The number of nitrogens with one attached hydrogen (secondary N) is 1. The normalized spacial score (nSPS) is 17.6. The van der Waals surface area contributed by atoms with Crippen LogP contribution in [0.2, 0.25) is 0 Å². The number of halogens is 1. The van der Waals surface area contributed by atoms with Crippen LogP contribution >= 0.6 is 27.3 Å². The van der Waals surface area contributed by atoms with Crippen molar-refractivity contribution in [3.8, 4) is 0 Å². The van der Waals surface area contributed by atoms with Crippen molar-refractivity contribution in [3.63, 3.8) is 0 Å². The quantitative estimate of drug-likeness (QED) is 0.691. The van der Waals surface area contributed by atoms with Crippen molar-refractivity contribution in [1.82, 2.24) is 9.38 Å². The number of aliphatic hydroxyl groups is 1. The van der Waals surface area contributed by atoms with Crippen molar-refractivity contribution in [2.24, 2.45) is 0 Å². The molecule has 3 aromatic rings. The van der Waals surface area contributed by atoms with Crippen molar-refractivity contribution in [2.45, 2.75) is 24.0 Å². The highest BCUT2D eigenvalue weighted by Crippen LogP contribution is 2.34. The molecule has 1 aliphatic rings. The molecule has 1 aromatic carbocycles. The smallest absolute Gasteiger partial charge is 0.280 e. The molecule has 0 saturated heterocycles. The first kappa shape index (κ1) is 15.1. The van der Waals surface area contributed by atoms with Gasteiger partial charge in [-0.2, -0.15) is 8.42 Å². The number of nitrogens with zero attached hydrogens (tertiary/aromatic N) is 2. The summed E-state index contributed by atoms with van der Waals surface area (Å²) in [6.45, 7) is 0. The van der Waals surface area contributed by atoms with Crippen molar-refractivity contribution in [1.29, 1.82) is 0 Å². The molecule has 0 spiro atoms. The molecule has 0 aliphatic heterocycles. The Balaban J connectivity index is 1.75. The van der Waals surface area contributed by atoms with Gasteiger partial charge in [-0.1, -0.05) is 6.07 Å². The predicted molar refractivity (Wildman–Crippen MR) is 91.3 cm³/mol. The van der Waals surface area contributed by atoms with E-state index in [2.05, 4.69) is 25.6 Å².